The zero-order valence-electron chi connectivity index (χ0n) is 12.8. The van der Waals surface area contributed by atoms with Crippen LogP contribution in [0.2, 0.25) is 0 Å². The van der Waals surface area contributed by atoms with Crippen LogP contribution < -0.4 is 10.1 Å². The van der Waals surface area contributed by atoms with Gasteiger partial charge in [0.25, 0.3) is 5.91 Å². The first-order valence-corrected chi connectivity index (χ1v) is 7.50. The average Bonchev–Trinajstić information content (AvgIpc) is 3.09. The molecular formula is C16H20N4O2. The van der Waals surface area contributed by atoms with Crippen molar-refractivity contribution in [2.45, 2.75) is 38.3 Å². The van der Waals surface area contributed by atoms with Gasteiger partial charge in [-0.25, -0.2) is 0 Å². The number of rotatable bonds is 4. The number of hydrogen-bond donors (Lipinski definition) is 1. The summed E-state index contributed by atoms with van der Waals surface area (Å²) < 4.78 is 7.67. The van der Waals surface area contributed by atoms with Crippen molar-refractivity contribution in [3.63, 3.8) is 0 Å². The Kier molecular flexibility index (Phi) is 4.09. The highest BCUT2D eigenvalue weighted by molar-refractivity contribution is 5.95. The molecule has 0 aliphatic heterocycles. The lowest BCUT2D eigenvalue weighted by Crippen LogP contribution is -2.42. The summed E-state index contributed by atoms with van der Waals surface area (Å²) in [6.45, 7) is 1.89. The van der Waals surface area contributed by atoms with Crippen LogP contribution in [0.4, 0.5) is 0 Å². The number of pyridine rings is 1. The first-order valence-electron chi connectivity index (χ1n) is 7.50. The van der Waals surface area contributed by atoms with Gasteiger partial charge in [0, 0.05) is 25.0 Å². The van der Waals surface area contributed by atoms with Gasteiger partial charge < -0.3 is 10.1 Å². The summed E-state index contributed by atoms with van der Waals surface area (Å²) in [4.78, 5) is 16.4. The first kappa shape index (κ1) is 14.6. The molecule has 6 nitrogen and oxygen atoms in total. The molecule has 0 spiro atoms. The molecule has 0 radical (unpaired) electrons. The van der Waals surface area contributed by atoms with Crippen LogP contribution in [0.3, 0.4) is 0 Å². The minimum Gasteiger partial charge on any atom is -0.485 e. The van der Waals surface area contributed by atoms with Crippen molar-refractivity contribution in [2.24, 2.45) is 7.05 Å². The SMILES string of the molecule is Cc1cnccc1C(=O)N[C@H]1CCC[C@H]1Oc1cnn(C)c1. The van der Waals surface area contributed by atoms with Gasteiger partial charge in [0.1, 0.15) is 6.10 Å². The largest absolute Gasteiger partial charge is 0.485 e. The third kappa shape index (κ3) is 3.10. The predicted molar refractivity (Wildman–Crippen MR) is 81.7 cm³/mol. The molecule has 0 saturated heterocycles. The fraction of sp³-hybridized carbons (Fsp3) is 0.438. The Morgan fingerprint density at radius 2 is 2.27 bits per heavy atom. The van der Waals surface area contributed by atoms with Crippen LogP contribution in [0.25, 0.3) is 0 Å². The molecule has 0 unspecified atom stereocenters. The molecule has 1 fully saturated rings. The number of aryl methyl sites for hydroxylation is 2. The van der Waals surface area contributed by atoms with E-state index >= 15 is 0 Å². The highest BCUT2D eigenvalue weighted by Gasteiger charge is 2.31. The van der Waals surface area contributed by atoms with Crippen LogP contribution in [0.15, 0.2) is 30.9 Å². The van der Waals surface area contributed by atoms with Crippen molar-refractivity contribution < 1.29 is 9.53 Å². The lowest BCUT2D eigenvalue weighted by Gasteiger charge is -2.22. The summed E-state index contributed by atoms with van der Waals surface area (Å²) in [5.74, 6) is 0.681. The van der Waals surface area contributed by atoms with Gasteiger partial charge in [-0.15, -0.1) is 0 Å². The molecule has 1 aliphatic rings. The molecular weight excluding hydrogens is 280 g/mol. The normalized spacial score (nSPS) is 20.8. The summed E-state index contributed by atoms with van der Waals surface area (Å²) in [6, 6.07) is 1.77. The van der Waals surface area contributed by atoms with Crippen molar-refractivity contribution in [1.82, 2.24) is 20.1 Å². The molecule has 0 aromatic carbocycles. The molecule has 2 aromatic rings. The standard InChI is InChI=1S/C16H20N4O2/c1-11-8-17-7-6-13(11)16(21)19-14-4-3-5-15(14)22-12-9-18-20(2)10-12/h6-10,14-15H,3-5H2,1-2H3,(H,19,21)/t14-,15+/m0/s1. The van der Waals surface area contributed by atoms with Crippen LogP contribution >= 0.6 is 0 Å². The van der Waals surface area contributed by atoms with Gasteiger partial charge in [0.05, 0.1) is 18.4 Å². The van der Waals surface area contributed by atoms with Crippen molar-refractivity contribution >= 4 is 5.91 Å². The van der Waals surface area contributed by atoms with Gasteiger partial charge in [0.2, 0.25) is 0 Å². The van der Waals surface area contributed by atoms with Crippen molar-refractivity contribution in [3.8, 4) is 5.75 Å². The van der Waals surface area contributed by atoms with Crippen LogP contribution in [0.1, 0.15) is 35.2 Å². The van der Waals surface area contributed by atoms with E-state index in [1.54, 1.807) is 29.3 Å². The van der Waals surface area contributed by atoms with Gasteiger partial charge in [-0.2, -0.15) is 5.10 Å². The molecule has 1 aliphatic carbocycles. The van der Waals surface area contributed by atoms with Gasteiger partial charge >= 0.3 is 0 Å². The Morgan fingerprint density at radius 1 is 1.41 bits per heavy atom. The van der Waals surface area contributed by atoms with E-state index in [0.717, 1.165) is 30.6 Å². The molecule has 1 saturated carbocycles. The van der Waals surface area contributed by atoms with Crippen molar-refractivity contribution in [2.75, 3.05) is 0 Å². The van der Waals surface area contributed by atoms with E-state index in [2.05, 4.69) is 15.4 Å². The van der Waals surface area contributed by atoms with Gasteiger partial charge in [-0.05, 0) is 37.8 Å². The quantitative estimate of drug-likeness (QED) is 0.935. The molecule has 22 heavy (non-hydrogen) atoms. The van der Waals surface area contributed by atoms with Crippen LogP contribution in [-0.2, 0) is 7.05 Å². The summed E-state index contributed by atoms with van der Waals surface area (Å²) >= 11 is 0. The number of nitrogens with one attached hydrogen (secondary N) is 1. The van der Waals surface area contributed by atoms with Gasteiger partial charge in [-0.1, -0.05) is 0 Å². The highest BCUT2D eigenvalue weighted by atomic mass is 16.5. The van der Waals surface area contributed by atoms with E-state index < -0.39 is 0 Å². The highest BCUT2D eigenvalue weighted by Crippen LogP contribution is 2.25. The van der Waals surface area contributed by atoms with E-state index in [1.165, 1.54) is 0 Å². The number of carbonyl (C=O) groups excluding carboxylic acids is 1. The fourth-order valence-corrected chi connectivity index (χ4v) is 2.84. The third-order valence-electron chi connectivity index (χ3n) is 4.00. The molecule has 0 bridgehead atoms. The number of nitrogens with zero attached hydrogens (tertiary/aromatic N) is 3. The Balaban J connectivity index is 1.66. The maximum absolute atomic E-state index is 12.4. The zero-order valence-corrected chi connectivity index (χ0v) is 12.8. The minimum atomic E-state index is -0.0633. The molecule has 1 N–H and O–H groups in total. The predicted octanol–water partition coefficient (Wildman–Crippen LogP) is 1.85. The van der Waals surface area contributed by atoms with Gasteiger partial charge in [-0.3, -0.25) is 14.5 Å². The lowest BCUT2D eigenvalue weighted by atomic mass is 10.1. The number of ether oxygens (including phenoxy) is 1. The van der Waals surface area contributed by atoms with E-state index in [9.17, 15) is 4.79 Å². The number of amides is 1. The maximum Gasteiger partial charge on any atom is 0.252 e. The van der Waals surface area contributed by atoms with E-state index in [-0.39, 0.29) is 18.1 Å². The molecule has 1 amide bonds. The first-order chi connectivity index (χ1) is 10.6. The average molecular weight is 300 g/mol. The minimum absolute atomic E-state index is 0.00436. The Labute approximate surface area is 129 Å². The molecule has 2 aromatic heterocycles. The molecule has 2 heterocycles. The Morgan fingerprint density at radius 3 is 3.00 bits per heavy atom. The zero-order chi connectivity index (χ0) is 15.5. The Hall–Kier alpha value is -2.37. The maximum atomic E-state index is 12.4. The number of hydrogen-bond acceptors (Lipinski definition) is 4. The molecule has 6 heteroatoms. The fourth-order valence-electron chi connectivity index (χ4n) is 2.84. The molecule has 3 rings (SSSR count). The second-order valence-electron chi connectivity index (χ2n) is 5.71. The lowest BCUT2D eigenvalue weighted by molar-refractivity contribution is 0.0893. The molecule has 116 valence electrons. The summed E-state index contributed by atoms with van der Waals surface area (Å²) in [7, 11) is 1.85. The third-order valence-corrected chi connectivity index (χ3v) is 4.00. The van der Waals surface area contributed by atoms with Crippen molar-refractivity contribution in [1.29, 1.82) is 0 Å². The van der Waals surface area contributed by atoms with E-state index in [4.69, 9.17) is 4.74 Å². The second kappa shape index (κ2) is 6.17. The van der Waals surface area contributed by atoms with Crippen LogP contribution in [0, 0.1) is 6.92 Å². The van der Waals surface area contributed by atoms with Crippen LogP contribution in [-0.4, -0.2) is 32.8 Å². The molecule has 2 atom stereocenters. The van der Waals surface area contributed by atoms with Crippen molar-refractivity contribution in [3.05, 3.63) is 42.0 Å². The smallest absolute Gasteiger partial charge is 0.252 e. The van der Waals surface area contributed by atoms with E-state index in [1.807, 2.05) is 20.2 Å². The van der Waals surface area contributed by atoms with Gasteiger partial charge in [0.15, 0.2) is 5.75 Å². The second-order valence-corrected chi connectivity index (χ2v) is 5.71. The summed E-state index contributed by atoms with van der Waals surface area (Å²) in [6.07, 6.45) is 9.79. The number of carbonyl (C=O) groups is 1. The monoisotopic (exact) mass is 300 g/mol. The Bertz CT molecular complexity index is 668. The van der Waals surface area contributed by atoms with E-state index in [0.29, 0.717) is 5.56 Å². The van der Waals surface area contributed by atoms with Crippen LogP contribution in [0.5, 0.6) is 5.75 Å². The topological polar surface area (TPSA) is 69.0 Å². The number of aromatic nitrogens is 3. The summed E-state index contributed by atoms with van der Waals surface area (Å²) in [5.41, 5.74) is 1.55. The summed E-state index contributed by atoms with van der Waals surface area (Å²) in [5, 5.41) is 7.20.